The number of rotatable bonds is 6. The lowest BCUT2D eigenvalue weighted by molar-refractivity contribution is -0.142. The van der Waals surface area contributed by atoms with Crippen LogP contribution in [0.5, 0.6) is 5.75 Å². The molecule has 0 radical (unpaired) electrons. The zero-order chi connectivity index (χ0) is 17.1. The van der Waals surface area contributed by atoms with Gasteiger partial charge in [0.1, 0.15) is 11.8 Å². The summed E-state index contributed by atoms with van der Waals surface area (Å²) in [5, 5.41) is 11.7. The van der Waals surface area contributed by atoms with Gasteiger partial charge in [0.25, 0.3) is 0 Å². The number of halogens is 1. The molecule has 0 spiro atoms. The normalized spacial score (nSPS) is 19.3. The molecule has 3 rings (SSSR count). The summed E-state index contributed by atoms with van der Waals surface area (Å²) in [6, 6.07) is 9.49. The Labute approximate surface area is 154 Å². The number of carbonyl (C=O) groups is 1. The van der Waals surface area contributed by atoms with Crippen LogP contribution >= 0.6 is 27.3 Å². The van der Waals surface area contributed by atoms with Crippen LogP contribution in [-0.4, -0.2) is 35.2 Å². The second-order valence-corrected chi connectivity index (χ2v) is 7.66. The first-order chi connectivity index (χ1) is 11.6. The van der Waals surface area contributed by atoms with Gasteiger partial charge in [0.2, 0.25) is 0 Å². The quantitative estimate of drug-likeness (QED) is 0.759. The number of aliphatic carboxylic acids is 1. The van der Waals surface area contributed by atoms with Crippen LogP contribution in [0.1, 0.15) is 36.2 Å². The molecule has 128 valence electrons. The maximum Gasteiger partial charge on any atom is 0.320 e. The molecule has 24 heavy (non-hydrogen) atoms. The maximum absolute atomic E-state index is 11.7. The zero-order valence-electron chi connectivity index (χ0n) is 13.4. The van der Waals surface area contributed by atoms with E-state index in [1.807, 2.05) is 36.6 Å². The fourth-order valence-corrected chi connectivity index (χ4v) is 4.57. The van der Waals surface area contributed by atoms with Gasteiger partial charge in [-0.15, -0.1) is 11.3 Å². The van der Waals surface area contributed by atoms with Crippen LogP contribution in [-0.2, 0) is 4.79 Å². The highest BCUT2D eigenvalue weighted by Gasteiger charge is 2.38. The van der Waals surface area contributed by atoms with Crippen LogP contribution in [0.4, 0.5) is 0 Å². The lowest BCUT2D eigenvalue weighted by atomic mass is 10.0. The molecular weight excluding hydrogens is 390 g/mol. The van der Waals surface area contributed by atoms with Crippen molar-refractivity contribution in [2.75, 3.05) is 13.2 Å². The van der Waals surface area contributed by atoms with Crippen LogP contribution in [0.2, 0.25) is 0 Å². The molecule has 2 heterocycles. The van der Waals surface area contributed by atoms with Crippen molar-refractivity contribution in [2.45, 2.75) is 31.8 Å². The number of benzene rings is 1. The Balaban J connectivity index is 2.10. The third kappa shape index (κ3) is 3.50. The Hall–Kier alpha value is -1.37. The summed E-state index contributed by atoms with van der Waals surface area (Å²) in [6.07, 6.45) is 1.59. The standard InChI is InChI=1S/C18H20BrNO3S/c1-2-23-15-8-7-12(19)11-13(15)17(16-6-4-10-24-16)20-9-3-5-14(20)18(21)22/h4,6-8,10-11,14,17H,2-3,5,9H2,1H3,(H,21,22). The van der Waals surface area contributed by atoms with E-state index < -0.39 is 12.0 Å². The van der Waals surface area contributed by atoms with Gasteiger partial charge in [-0.1, -0.05) is 22.0 Å². The SMILES string of the molecule is CCOc1ccc(Br)cc1C(c1cccs1)N1CCCC1C(=O)O. The summed E-state index contributed by atoms with van der Waals surface area (Å²) >= 11 is 5.20. The van der Waals surface area contributed by atoms with Gasteiger partial charge in [0, 0.05) is 21.5 Å². The van der Waals surface area contributed by atoms with Crippen molar-refractivity contribution in [3.8, 4) is 5.75 Å². The first-order valence-electron chi connectivity index (χ1n) is 8.06. The molecule has 1 fully saturated rings. The lowest BCUT2D eigenvalue weighted by Crippen LogP contribution is -2.39. The summed E-state index contributed by atoms with van der Waals surface area (Å²) in [6.45, 7) is 3.31. The van der Waals surface area contributed by atoms with E-state index in [1.165, 1.54) is 0 Å². The third-order valence-electron chi connectivity index (χ3n) is 4.29. The number of carboxylic acid groups (broad SMARTS) is 1. The van der Waals surface area contributed by atoms with Gasteiger partial charge < -0.3 is 9.84 Å². The average Bonchev–Trinajstić information content (AvgIpc) is 3.22. The maximum atomic E-state index is 11.7. The van der Waals surface area contributed by atoms with Crippen molar-refractivity contribution >= 4 is 33.2 Å². The number of likely N-dealkylation sites (tertiary alicyclic amines) is 1. The van der Waals surface area contributed by atoms with E-state index in [-0.39, 0.29) is 6.04 Å². The van der Waals surface area contributed by atoms with E-state index in [0.29, 0.717) is 13.0 Å². The van der Waals surface area contributed by atoms with E-state index in [2.05, 4.69) is 26.9 Å². The summed E-state index contributed by atoms with van der Waals surface area (Å²) in [5.74, 6) is 0.0668. The highest BCUT2D eigenvalue weighted by Crippen LogP contribution is 2.41. The number of thiophene rings is 1. The zero-order valence-corrected chi connectivity index (χ0v) is 15.8. The molecule has 2 atom stereocenters. The smallest absolute Gasteiger partial charge is 0.320 e. The minimum Gasteiger partial charge on any atom is -0.494 e. The van der Waals surface area contributed by atoms with Gasteiger partial charge in [-0.3, -0.25) is 9.69 Å². The van der Waals surface area contributed by atoms with Crippen LogP contribution in [0.15, 0.2) is 40.2 Å². The molecule has 2 aromatic rings. The van der Waals surface area contributed by atoms with Gasteiger partial charge in [-0.05, 0) is 49.4 Å². The first-order valence-corrected chi connectivity index (χ1v) is 9.73. The highest BCUT2D eigenvalue weighted by atomic mass is 79.9. The van der Waals surface area contributed by atoms with Crippen LogP contribution in [0.25, 0.3) is 0 Å². The minimum atomic E-state index is -0.748. The third-order valence-corrected chi connectivity index (χ3v) is 5.71. The van der Waals surface area contributed by atoms with E-state index >= 15 is 0 Å². The summed E-state index contributed by atoms with van der Waals surface area (Å²) in [5.41, 5.74) is 1.02. The summed E-state index contributed by atoms with van der Waals surface area (Å²) in [4.78, 5) is 15.0. The largest absolute Gasteiger partial charge is 0.494 e. The van der Waals surface area contributed by atoms with E-state index in [9.17, 15) is 9.90 Å². The Morgan fingerprint density at radius 2 is 2.33 bits per heavy atom. The molecule has 2 unspecified atom stereocenters. The van der Waals surface area contributed by atoms with Crippen molar-refractivity contribution in [3.63, 3.8) is 0 Å². The summed E-state index contributed by atoms with van der Waals surface area (Å²) < 4.78 is 6.80. The molecule has 0 amide bonds. The molecule has 1 aliphatic rings. The molecule has 1 aromatic carbocycles. The number of carboxylic acids is 1. The van der Waals surface area contributed by atoms with Crippen molar-refractivity contribution in [1.82, 2.24) is 4.90 Å². The predicted octanol–water partition coefficient (Wildman–Crippen LogP) is 4.55. The molecule has 1 N–H and O–H groups in total. The topological polar surface area (TPSA) is 49.8 Å². The molecule has 0 saturated carbocycles. The van der Waals surface area contributed by atoms with Gasteiger partial charge in [-0.2, -0.15) is 0 Å². The monoisotopic (exact) mass is 409 g/mol. The Kier molecular flexibility index (Phi) is 5.58. The van der Waals surface area contributed by atoms with E-state index in [1.54, 1.807) is 11.3 Å². The molecule has 0 bridgehead atoms. The van der Waals surface area contributed by atoms with Crippen LogP contribution in [0, 0.1) is 0 Å². The molecule has 6 heteroatoms. The van der Waals surface area contributed by atoms with Crippen molar-refractivity contribution in [3.05, 3.63) is 50.6 Å². The average molecular weight is 410 g/mol. The van der Waals surface area contributed by atoms with Crippen molar-refractivity contribution in [1.29, 1.82) is 0 Å². The van der Waals surface area contributed by atoms with Crippen LogP contribution < -0.4 is 4.74 Å². The van der Waals surface area contributed by atoms with Gasteiger partial charge >= 0.3 is 5.97 Å². The van der Waals surface area contributed by atoms with Crippen molar-refractivity contribution in [2.24, 2.45) is 0 Å². The fraction of sp³-hybridized carbons (Fsp3) is 0.389. The minimum absolute atomic E-state index is 0.104. The molecule has 1 saturated heterocycles. The van der Waals surface area contributed by atoms with Gasteiger partial charge in [0.15, 0.2) is 0 Å². The molecule has 4 nitrogen and oxygen atoms in total. The van der Waals surface area contributed by atoms with Gasteiger partial charge in [-0.25, -0.2) is 0 Å². The Morgan fingerprint density at radius 1 is 1.50 bits per heavy atom. The number of hydrogen-bond donors (Lipinski definition) is 1. The summed E-state index contributed by atoms with van der Waals surface area (Å²) in [7, 11) is 0. The second-order valence-electron chi connectivity index (χ2n) is 5.77. The predicted molar refractivity (Wildman–Crippen MR) is 98.8 cm³/mol. The van der Waals surface area contributed by atoms with Gasteiger partial charge in [0.05, 0.1) is 12.6 Å². The number of nitrogens with zero attached hydrogens (tertiary/aromatic N) is 1. The van der Waals surface area contributed by atoms with E-state index in [4.69, 9.17) is 4.74 Å². The second kappa shape index (κ2) is 7.68. The van der Waals surface area contributed by atoms with E-state index in [0.717, 1.165) is 33.6 Å². The molecule has 1 aromatic heterocycles. The highest BCUT2D eigenvalue weighted by molar-refractivity contribution is 9.10. The Bertz CT molecular complexity index is 704. The molecule has 1 aliphatic heterocycles. The first kappa shape index (κ1) is 17.5. The fourth-order valence-electron chi connectivity index (χ4n) is 3.33. The van der Waals surface area contributed by atoms with Crippen molar-refractivity contribution < 1.29 is 14.6 Å². The number of hydrogen-bond acceptors (Lipinski definition) is 4. The number of ether oxygens (including phenoxy) is 1. The van der Waals surface area contributed by atoms with Crippen LogP contribution in [0.3, 0.4) is 0 Å². The Morgan fingerprint density at radius 3 is 3.00 bits per heavy atom. The lowest BCUT2D eigenvalue weighted by Gasteiger charge is -2.32. The molecular formula is C18H20BrNO3S. The molecule has 0 aliphatic carbocycles.